The molecule has 1 fully saturated rings. The summed E-state index contributed by atoms with van der Waals surface area (Å²) < 4.78 is 3.51. The zero-order valence-electron chi connectivity index (χ0n) is 16.2. The van der Waals surface area contributed by atoms with Gasteiger partial charge in [0, 0.05) is 17.9 Å². The lowest BCUT2D eigenvalue weighted by Crippen LogP contribution is -2.45. The molecule has 0 atom stereocenters. The van der Waals surface area contributed by atoms with E-state index in [1.54, 1.807) is 10.9 Å². The van der Waals surface area contributed by atoms with Gasteiger partial charge >= 0.3 is 6.09 Å². The molecule has 2 N–H and O–H groups in total. The molecule has 0 spiro atoms. The van der Waals surface area contributed by atoms with Crippen LogP contribution in [0.4, 0.5) is 10.5 Å². The van der Waals surface area contributed by atoms with Crippen molar-refractivity contribution in [3.63, 3.8) is 0 Å². The number of aliphatic hydroxyl groups excluding tert-OH is 1. The van der Waals surface area contributed by atoms with Crippen molar-refractivity contribution in [3.8, 4) is 0 Å². The summed E-state index contributed by atoms with van der Waals surface area (Å²) in [7, 11) is 0. The minimum atomic E-state index is -1.00. The van der Waals surface area contributed by atoms with E-state index in [-0.39, 0.29) is 6.61 Å². The first kappa shape index (κ1) is 18.4. The smallest absolute Gasteiger partial charge is 0.412 e. The van der Waals surface area contributed by atoms with Gasteiger partial charge in [-0.3, -0.25) is 4.90 Å². The highest BCUT2D eigenvalue weighted by Gasteiger charge is 2.32. The summed E-state index contributed by atoms with van der Waals surface area (Å²) in [5.74, 6) is 0.479. The minimum absolute atomic E-state index is 0.167. The van der Waals surface area contributed by atoms with Gasteiger partial charge in [0.1, 0.15) is 5.69 Å². The molecule has 0 aromatic carbocycles. The maximum absolute atomic E-state index is 12.1. The number of pyridine rings is 1. The van der Waals surface area contributed by atoms with Crippen LogP contribution >= 0.6 is 0 Å². The van der Waals surface area contributed by atoms with E-state index in [4.69, 9.17) is 5.11 Å². The van der Waals surface area contributed by atoms with Gasteiger partial charge in [-0.25, -0.2) is 14.5 Å². The van der Waals surface area contributed by atoms with Crippen LogP contribution in [-0.4, -0.2) is 46.2 Å². The summed E-state index contributed by atoms with van der Waals surface area (Å²) in [5.41, 5.74) is 2.94. The lowest BCUT2D eigenvalue weighted by molar-refractivity contribution is 0.195. The van der Waals surface area contributed by atoms with Gasteiger partial charge in [0.25, 0.3) is 0 Å². The van der Waals surface area contributed by atoms with Crippen molar-refractivity contribution in [2.75, 3.05) is 4.90 Å². The summed E-state index contributed by atoms with van der Waals surface area (Å²) in [6, 6.07) is 1.96. The van der Waals surface area contributed by atoms with E-state index in [9.17, 15) is 9.90 Å². The van der Waals surface area contributed by atoms with E-state index in [1.807, 2.05) is 43.6 Å². The number of anilines is 1. The molecule has 3 aromatic heterocycles. The number of carboxylic acid groups (broad SMARTS) is 1. The molecular weight excluding hydrogens is 360 g/mol. The van der Waals surface area contributed by atoms with Crippen LogP contribution in [0, 0.1) is 0 Å². The van der Waals surface area contributed by atoms with Crippen molar-refractivity contribution in [2.24, 2.45) is 0 Å². The van der Waals surface area contributed by atoms with E-state index in [0.29, 0.717) is 29.5 Å². The highest BCUT2D eigenvalue weighted by molar-refractivity contribution is 5.92. The Labute approximate surface area is 162 Å². The van der Waals surface area contributed by atoms with Gasteiger partial charge in [-0.15, -0.1) is 5.10 Å². The van der Waals surface area contributed by atoms with Crippen LogP contribution in [0.5, 0.6) is 0 Å². The van der Waals surface area contributed by atoms with E-state index >= 15 is 0 Å². The molecule has 1 amide bonds. The molecule has 9 heteroatoms. The van der Waals surface area contributed by atoms with Crippen molar-refractivity contribution >= 4 is 17.4 Å². The van der Waals surface area contributed by atoms with Crippen LogP contribution in [-0.2, 0) is 13.2 Å². The molecule has 4 rings (SSSR count). The number of hydrogen-bond donors (Lipinski definition) is 2. The molecule has 0 unspecified atom stereocenters. The molecular formula is C19H24N6O3. The Kier molecular flexibility index (Phi) is 4.34. The molecule has 1 saturated carbocycles. The van der Waals surface area contributed by atoms with E-state index in [1.165, 1.54) is 4.90 Å². The van der Waals surface area contributed by atoms with Crippen LogP contribution in [0.2, 0.25) is 0 Å². The number of nitrogens with zero attached hydrogens (tertiary/aromatic N) is 6. The molecule has 1 aliphatic carbocycles. The number of imidazole rings is 1. The van der Waals surface area contributed by atoms with Crippen molar-refractivity contribution in [3.05, 3.63) is 41.6 Å². The first-order valence-electron chi connectivity index (χ1n) is 9.31. The second-order valence-electron chi connectivity index (χ2n) is 8.25. The average Bonchev–Trinajstić information content (AvgIpc) is 3.22. The number of rotatable bonds is 5. The first-order chi connectivity index (χ1) is 13.3. The van der Waals surface area contributed by atoms with Gasteiger partial charge in [-0.05, 0) is 51.2 Å². The lowest BCUT2D eigenvalue weighted by atomic mass is 10.0. The van der Waals surface area contributed by atoms with Crippen LogP contribution in [0.25, 0.3) is 5.65 Å². The van der Waals surface area contributed by atoms with Crippen LogP contribution in [0.3, 0.4) is 0 Å². The second-order valence-corrected chi connectivity index (χ2v) is 8.25. The van der Waals surface area contributed by atoms with Gasteiger partial charge < -0.3 is 14.6 Å². The van der Waals surface area contributed by atoms with E-state index in [2.05, 4.69) is 15.3 Å². The zero-order chi connectivity index (χ0) is 20.1. The SMILES string of the molecule is CC(C)(C)N(C(=O)O)c1cc(C2CC2)cn2cc(Cn3cc(CO)nn3)nc12. The minimum Gasteiger partial charge on any atom is -0.465 e. The van der Waals surface area contributed by atoms with Gasteiger partial charge in [0.15, 0.2) is 5.65 Å². The van der Waals surface area contributed by atoms with Gasteiger partial charge in [-0.2, -0.15) is 0 Å². The van der Waals surface area contributed by atoms with Gasteiger partial charge in [0.05, 0.1) is 30.7 Å². The van der Waals surface area contributed by atoms with Crippen molar-refractivity contribution in [1.29, 1.82) is 0 Å². The quantitative estimate of drug-likeness (QED) is 0.700. The normalized spacial score (nSPS) is 14.6. The molecule has 0 aliphatic heterocycles. The molecule has 9 nitrogen and oxygen atoms in total. The molecule has 3 heterocycles. The fraction of sp³-hybridized carbons (Fsp3) is 0.474. The van der Waals surface area contributed by atoms with Crippen molar-refractivity contribution < 1.29 is 15.0 Å². The number of aliphatic hydroxyl groups is 1. The largest absolute Gasteiger partial charge is 0.465 e. The average molecular weight is 384 g/mol. The Morgan fingerprint density at radius 3 is 2.57 bits per heavy atom. The Morgan fingerprint density at radius 2 is 2.00 bits per heavy atom. The first-order valence-corrected chi connectivity index (χ1v) is 9.31. The third kappa shape index (κ3) is 3.45. The van der Waals surface area contributed by atoms with Crippen LogP contribution < -0.4 is 4.90 Å². The Balaban J connectivity index is 1.80. The predicted molar refractivity (Wildman–Crippen MR) is 102 cm³/mol. The summed E-state index contributed by atoms with van der Waals surface area (Å²) in [6.45, 7) is 5.83. The molecule has 148 valence electrons. The zero-order valence-corrected chi connectivity index (χ0v) is 16.2. The summed E-state index contributed by atoms with van der Waals surface area (Å²) >= 11 is 0. The number of carbonyl (C=O) groups is 1. The highest BCUT2D eigenvalue weighted by atomic mass is 16.4. The molecule has 1 aliphatic rings. The van der Waals surface area contributed by atoms with Crippen molar-refractivity contribution in [1.82, 2.24) is 24.4 Å². The summed E-state index contributed by atoms with van der Waals surface area (Å²) in [6.07, 6.45) is 6.84. The highest BCUT2D eigenvalue weighted by Crippen LogP contribution is 2.42. The number of amides is 1. The standard InChI is InChI=1S/C19H24N6O3/c1-19(2,3)25(18(27)28)16-6-13(12-4-5-12)7-23-8-14(20-17(16)23)9-24-10-15(11-26)21-22-24/h6-8,10,12,26H,4-5,9,11H2,1-3H3,(H,27,28). The number of hydrogen-bond acceptors (Lipinski definition) is 5. The third-order valence-corrected chi connectivity index (χ3v) is 4.83. The topological polar surface area (TPSA) is 109 Å². The number of aromatic nitrogens is 5. The molecule has 28 heavy (non-hydrogen) atoms. The summed E-state index contributed by atoms with van der Waals surface area (Å²) in [4.78, 5) is 18.1. The predicted octanol–water partition coefficient (Wildman–Crippen LogP) is 2.63. The maximum atomic E-state index is 12.1. The number of fused-ring (bicyclic) bond motifs is 1. The second kappa shape index (κ2) is 6.59. The fourth-order valence-corrected chi connectivity index (χ4v) is 3.44. The Bertz CT molecular complexity index is 1030. The lowest BCUT2D eigenvalue weighted by Gasteiger charge is -2.33. The van der Waals surface area contributed by atoms with Crippen LogP contribution in [0.1, 0.15) is 56.5 Å². The van der Waals surface area contributed by atoms with Gasteiger partial charge in [0.2, 0.25) is 0 Å². The molecule has 0 radical (unpaired) electrons. The Morgan fingerprint density at radius 1 is 1.25 bits per heavy atom. The van der Waals surface area contributed by atoms with Crippen LogP contribution in [0.15, 0.2) is 24.7 Å². The van der Waals surface area contributed by atoms with E-state index in [0.717, 1.165) is 24.1 Å². The van der Waals surface area contributed by atoms with Gasteiger partial charge in [-0.1, -0.05) is 5.21 Å². The van der Waals surface area contributed by atoms with Crippen molar-refractivity contribution in [2.45, 2.75) is 58.2 Å². The maximum Gasteiger partial charge on any atom is 0.412 e. The monoisotopic (exact) mass is 384 g/mol. The molecule has 3 aromatic rings. The van der Waals surface area contributed by atoms with E-state index < -0.39 is 11.6 Å². The third-order valence-electron chi connectivity index (χ3n) is 4.83. The fourth-order valence-electron chi connectivity index (χ4n) is 3.44. The Hall–Kier alpha value is -2.94. The summed E-state index contributed by atoms with van der Waals surface area (Å²) in [5, 5.41) is 26.9. The molecule has 0 bridgehead atoms. The molecule has 0 saturated heterocycles.